The number of likely N-dealkylation sites (N-methyl/N-ethyl adjacent to an activating group) is 2. The van der Waals surface area contributed by atoms with Gasteiger partial charge in [0, 0.05) is 52.5 Å². The van der Waals surface area contributed by atoms with E-state index in [1.54, 1.807) is 25.3 Å². The summed E-state index contributed by atoms with van der Waals surface area (Å²) in [6.45, 7) is 5.95. The number of anilines is 1. The zero-order chi connectivity index (χ0) is 19.7. The first-order chi connectivity index (χ1) is 13.6. The van der Waals surface area contributed by atoms with Crippen molar-refractivity contribution in [2.45, 2.75) is 18.6 Å². The van der Waals surface area contributed by atoms with Crippen LogP contribution < -0.4 is 4.90 Å². The summed E-state index contributed by atoms with van der Waals surface area (Å²) in [6, 6.07) is 9.87. The number of rotatable bonds is 5. The van der Waals surface area contributed by atoms with Gasteiger partial charge in [-0.05, 0) is 25.1 Å². The number of carbonyl (C=O) groups excluding carboxylic acids is 2. The third-order valence-electron chi connectivity index (χ3n) is 5.96. The van der Waals surface area contributed by atoms with Crippen LogP contribution in [0.5, 0.6) is 0 Å². The summed E-state index contributed by atoms with van der Waals surface area (Å²) in [5.74, 6) is -0.165. The van der Waals surface area contributed by atoms with Gasteiger partial charge in [0.05, 0.1) is 6.34 Å². The molecule has 2 fully saturated rings. The molecule has 0 spiro atoms. The van der Waals surface area contributed by atoms with Crippen LogP contribution in [0, 0.1) is 0 Å². The van der Waals surface area contributed by atoms with E-state index in [1.807, 2.05) is 4.90 Å². The highest BCUT2D eigenvalue weighted by atomic mass is 16.2. The Morgan fingerprint density at radius 1 is 1.00 bits per heavy atom. The number of imide groups is 1. The number of carbonyl (C=O) groups is 2. The van der Waals surface area contributed by atoms with Crippen molar-refractivity contribution in [2.24, 2.45) is 4.99 Å². The van der Waals surface area contributed by atoms with Gasteiger partial charge in [-0.3, -0.25) is 14.6 Å². The standard InChI is InChI=1S/C20H28N6O2/c1-22-18-17(19(27)23(2)20(22)28)26(15-21-18)10-6-9-24-11-13-25(14-12-24)16-7-4-3-5-8-16/h3-5,7-8,15,17-18H,6,9-14H2,1-2H3. The lowest BCUT2D eigenvalue weighted by Crippen LogP contribution is -2.63. The van der Waals surface area contributed by atoms with Crippen LogP contribution in [0.2, 0.25) is 0 Å². The van der Waals surface area contributed by atoms with Crippen LogP contribution >= 0.6 is 0 Å². The molecular weight excluding hydrogens is 356 g/mol. The number of fused-ring (bicyclic) bond motifs is 1. The Balaban J connectivity index is 1.25. The molecule has 8 nitrogen and oxygen atoms in total. The molecule has 0 saturated carbocycles. The first-order valence-electron chi connectivity index (χ1n) is 9.92. The van der Waals surface area contributed by atoms with Crippen LogP contribution in [0.4, 0.5) is 10.5 Å². The first kappa shape index (κ1) is 18.7. The molecule has 1 aromatic rings. The number of hydrogen-bond donors (Lipinski definition) is 0. The summed E-state index contributed by atoms with van der Waals surface area (Å²) in [5.41, 5.74) is 1.29. The molecule has 0 N–H and O–H groups in total. The van der Waals surface area contributed by atoms with Gasteiger partial charge < -0.3 is 14.7 Å². The Kier molecular flexibility index (Phi) is 5.21. The fourth-order valence-corrected chi connectivity index (χ4v) is 4.24. The van der Waals surface area contributed by atoms with Crippen LogP contribution in [0.15, 0.2) is 35.3 Å². The molecule has 4 rings (SSSR count). The van der Waals surface area contributed by atoms with Gasteiger partial charge in [0.25, 0.3) is 5.91 Å². The second-order valence-electron chi connectivity index (χ2n) is 7.67. The Hall–Kier alpha value is -2.61. The highest BCUT2D eigenvalue weighted by Gasteiger charge is 2.48. The van der Waals surface area contributed by atoms with Crippen molar-refractivity contribution in [2.75, 3.05) is 58.3 Å². The number of urea groups is 1. The van der Waals surface area contributed by atoms with Gasteiger partial charge >= 0.3 is 6.03 Å². The minimum absolute atomic E-state index is 0.165. The molecule has 3 heterocycles. The van der Waals surface area contributed by atoms with Crippen molar-refractivity contribution in [1.29, 1.82) is 0 Å². The van der Waals surface area contributed by atoms with E-state index in [0.29, 0.717) is 0 Å². The molecule has 2 atom stereocenters. The highest BCUT2D eigenvalue weighted by Crippen LogP contribution is 2.24. The van der Waals surface area contributed by atoms with Gasteiger partial charge in [0.2, 0.25) is 0 Å². The molecule has 3 aliphatic rings. The topological polar surface area (TPSA) is 62.7 Å². The predicted molar refractivity (Wildman–Crippen MR) is 108 cm³/mol. The molecule has 2 saturated heterocycles. The molecule has 1 aromatic carbocycles. The average Bonchev–Trinajstić information content (AvgIpc) is 3.16. The predicted octanol–water partition coefficient (Wildman–Crippen LogP) is 0.761. The quantitative estimate of drug-likeness (QED) is 0.750. The molecule has 0 aromatic heterocycles. The van der Waals surface area contributed by atoms with E-state index >= 15 is 0 Å². The Morgan fingerprint density at radius 2 is 1.71 bits per heavy atom. The van der Waals surface area contributed by atoms with Crippen molar-refractivity contribution in [3.05, 3.63) is 30.3 Å². The van der Waals surface area contributed by atoms with E-state index in [4.69, 9.17) is 0 Å². The van der Waals surface area contributed by atoms with E-state index in [1.165, 1.54) is 10.6 Å². The van der Waals surface area contributed by atoms with Gasteiger partial charge in [0.1, 0.15) is 0 Å². The van der Waals surface area contributed by atoms with Gasteiger partial charge in [-0.2, -0.15) is 0 Å². The molecule has 0 bridgehead atoms. The number of aliphatic imine (C=N–C) groups is 1. The maximum absolute atomic E-state index is 12.5. The van der Waals surface area contributed by atoms with E-state index in [9.17, 15) is 9.59 Å². The minimum Gasteiger partial charge on any atom is -0.369 e. The van der Waals surface area contributed by atoms with Crippen molar-refractivity contribution < 1.29 is 9.59 Å². The summed E-state index contributed by atoms with van der Waals surface area (Å²) in [7, 11) is 3.25. The molecule has 0 aliphatic carbocycles. The first-order valence-corrected chi connectivity index (χ1v) is 9.92. The summed E-state index contributed by atoms with van der Waals surface area (Å²) >= 11 is 0. The van der Waals surface area contributed by atoms with Crippen LogP contribution in [0.1, 0.15) is 6.42 Å². The third kappa shape index (κ3) is 3.44. The number of amides is 3. The van der Waals surface area contributed by atoms with Crippen LogP contribution in [-0.4, -0.2) is 103 Å². The van der Waals surface area contributed by atoms with Crippen molar-refractivity contribution in [1.82, 2.24) is 19.6 Å². The van der Waals surface area contributed by atoms with E-state index in [2.05, 4.69) is 45.1 Å². The lowest BCUT2D eigenvalue weighted by Gasteiger charge is -2.40. The zero-order valence-corrected chi connectivity index (χ0v) is 16.6. The molecule has 3 amide bonds. The zero-order valence-electron chi connectivity index (χ0n) is 16.6. The molecule has 2 unspecified atom stereocenters. The normalized spacial score (nSPS) is 25.6. The highest BCUT2D eigenvalue weighted by molar-refractivity contribution is 6.01. The molecule has 28 heavy (non-hydrogen) atoms. The summed E-state index contributed by atoms with van der Waals surface area (Å²) in [5, 5.41) is 0. The third-order valence-corrected chi connectivity index (χ3v) is 5.96. The largest absolute Gasteiger partial charge is 0.369 e. The van der Waals surface area contributed by atoms with Crippen molar-refractivity contribution in [3.8, 4) is 0 Å². The lowest BCUT2D eigenvalue weighted by atomic mass is 10.1. The van der Waals surface area contributed by atoms with Gasteiger partial charge in [-0.1, -0.05) is 18.2 Å². The number of benzene rings is 1. The number of nitrogens with zero attached hydrogens (tertiary/aromatic N) is 6. The molecule has 3 aliphatic heterocycles. The Bertz CT molecular complexity index is 746. The Labute approximate surface area is 166 Å². The average molecular weight is 384 g/mol. The lowest BCUT2D eigenvalue weighted by molar-refractivity contribution is -0.136. The maximum atomic E-state index is 12.5. The monoisotopic (exact) mass is 384 g/mol. The second kappa shape index (κ2) is 7.79. The summed E-state index contributed by atoms with van der Waals surface area (Å²) in [4.78, 5) is 38.7. The van der Waals surface area contributed by atoms with Gasteiger partial charge in [-0.15, -0.1) is 0 Å². The Morgan fingerprint density at radius 3 is 2.43 bits per heavy atom. The van der Waals surface area contributed by atoms with Crippen molar-refractivity contribution in [3.63, 3.8) is 0 Å². The van der Waals surface area contributed by atoms with E-state index in [0.717, 1.165) is 45.7 Å². The fourth-order valence-electron chi connectivity index (χ4n) is 4.24. The summed E-state index contributed by atoms with van der Waals surface area (Å²) < 4.78 is 0. The summed E-state index contributed by atoms with van der Waals surface area (Å²) in [6.07, 6.45) is 2.31. The van der Waals surface area contributed by atoms with Gasteiger partial charge in [0.15, 0.2) is 12.2 Å². The molecular formula is C20H28N6O2. The maximum Gasteiger partial charge on any atom is 0.328 e. The second-order valence-corrected chi connectivity index (χ2v) is 7.67. The molecule has 8 heteroatoms. The van der Waals surface area contributed by atoms with Crippen LogP contribution in [0.25, 0.3) is 0 Å². The fraction of sp³-hybridized carbons (Fsp3) is 0.550. The molecule has 150 valence electrons. The van der Waals surface area contributed by atoms with Gasteiger partial charge in [-0.25, -0.2) is 9.79 Å². The number of para-hydroxylation sites is 1. The molecule has 0 radical (unpaired) electrons. The minimum atomic E-state index is -0.398. The number of piperazine rings is 1. The van der Waals surface area contributed by atoms with Crippen molar-refractivity contribution >= 4 is 24.0 Å². The van der Waals surface area contributed by atoms with Crippen LogP contribution in [0.3, 0.4) is 0 Å². The smallest absolute Gasteiger partial charge is 0.328 e. The number of hydrogen-bond acceptors (Lipinski definition) is 6. The van der Waals surface area contributed by atoms with Crippen LogP contribution in [-0.2, 0) is 4.79 Å². The SMILES string of the molecule is CN1C(=O)C2C(N=CN2CCCN2CCN(c3ccccc3)CC2)N(C)C1=O. The van der Waals surface area contributed by atoms with E-state index in [-0.39, 0.29) is 18.0 Å². The van der Waals surface area contributed by atoms with E-state index < -0.39 is 6.17 Å².